The molecule has 0 unspecified atom stereocenters. The number of hydrogen-bond donors (Lipinski definition) is 1. The lowest BCUT2D eigenvalue weighted by Crippen LogP contribution is -2.08. The Kier molecular flexibility index (Phi) is 6.89. The zero-order chi connectivity index (χ0) is 14.1. The van der Waals surface area contributed by atoms with Gasteiger partial charge in [-0.1, -0.05) is 0 Å². The summed E-state index contributed by atoms with van der Waals surface area (Å²) in [4.78, 5) is 15.3. The molecule has 0 saturated heterocycles. The summed E-state index contributed by atoms with van der Waals surface area (Å²) in [6.07, 6.45) is 3.91. The molecule has 0 aromatic carbocycles. The molecule has 0 saturated carbocycles. The molecule has 19 heavy (non-hydrogen) atoms. The lowest BCUT2D eigenvalue weighted by molar-refractivity contribution is 0.0594. The van der Waals surface area contributed by atoms with Crippen molar-refractivity contribution >= 4 is 11.7 Å². The van der Waals surface area contributed by atoms with E-state index < -0.39 is 5.97 Å². The summed E-state index contributed by atoms with van der Waals surface area (Å²) in [5.74, 6) is -0.422. The summed E-state index contributed by atoms with van der Waals surface area (Å²) in [5, 5.41) is 3.25. The van der Waals surface area contributed by atoms with E-state index in [-0.39, 0.29) is 6.10 Å². The third-order valence-corrected chi connectivity index (χ3v) is 2.51. The van der Waals surface area contributed by atoms with Crippen molar-refractivity contribution in [3.8, 4) is 0 Å². The van der Waals surface area contributed by atoms with Crippen molar-refractivity contribution in [3.63, 3.8) is 0 Å². The summed E-state index contributed by atoms with van der Waals surface area (Å²) >= 11 is 0. The van der Waals surface area contributed by atoms with Crippen molar-refractivity contribution in [1.29, 1.82) is 0 Å². The second-order valence-corrected chi connectivity index (χ2v) is 4.47. The average Bonchev–Trinajstić information content (AvgIpc) is 2.41. The molecule has 1 heterocycles. The Balaban J connectivity index is 2.27. The highest BCUT2D eigenvalue weighted by molar-refractivity contribution is 5.88. The molecule has 1 aromatic rings. The maximum absolute atomic E-state index is 11.3. The van der Waals surface area contributed by atoms with E-state index in [2.05, 4.69) is 15.0 Å². The van der Waals surface area contributed by atoms with E-state index in [9.17, 15) is 4.79 Å². The Morgan fingerprint density at radius 1 is 1.42 bits per heavy atom. The van der Waals surface area contributed by atoms with Crippen molar-refractivity contribution in [3.05, 3.63) is 24.0 Å². The number of unbranched alkanes of at least 4 members (excludes halogenated alkanes) is 1. The molecule has 0 aliphatic rings. The number of ether oxygens (including phenoxy) is 2. The van der Waals surface area contributed by atoms with Gasteiger partial charge in [0, 0.05) is 25.0 Å². The van der Waals surface area contributed by atoms with Gasteiger partial charge in [-0.25, -0.2) is 9.78 Å². The van der Waals surface area contributed by atoms with E-state index in [1.807, 2.05) is 19.9 Å². The third-order valence-electron chi connectivity index (χ3n) is 2.51. The van der Waals surface area contributed by atoms with Crippen LogP contribution in [0.4, 0.5) is 5.69 Å². The molecule has 0 fully saturated rings. The Morgan fingerprint density at radius 3 is 2.89 bits per heavy atom. The number of nitrogens with one attached hydrogen (secondary N) is 1. The molecule has 106 valence electrons. The number of carbonyl (C=O) groups excluding carboxylic acids is 1. The molecule has 1 rings (SSSR count). The van der Waals surface area contributed by atoms with E-state index >= 15 is 0 Å². The normalized spacial score (nSPS) is 10.5. The fourth-order valence-corrected chi connectivity index (χ4v) is 1.54. The Morgan fingerprint density at radius 2 is 2.21 bits per heavy atom. The fourth-order valence-electron chi connectivity index (χ4n) is 1.54. The van der Waals surface area contributed by atoms with Crippen LogP contribution in [0.3, 0.4) is 0 Å². The molecule has 0 amide bonds. The first-order valence-corrected chi connectivity index (χ1v) is 6.53. The van der Waals surface area contributed by atoms with Crippen LogP contribution in [0.1, 0.15) is 37.2 Å². The van der Waals surface area contributed by atoms with Crippen LogP contribution in [0.15, 0.2) is 18.3 Å². The van der Waals surface area contributed by atoms with E-state index in [4.69, 9.17) is 4.74 Å². The number of anilines is 1. The van der Waals surface area contributed by atoms with Crippen molar-refractivity contribution in [2.75, 3.05) is 25.6 Å². The maximum atomic E-state index is 11.3. The molecule has 1 aromatic heterocycles. The van der Waals surface area contributed by atoms with Crippen LogP contribution < -0.4 is 5.32 Å². The average molecular weight is 266 g/mol. The van der Waals surface area contributed by atoms with E-state index in [0.717, 1.165) is 31.7 Å². The van der Waals surface area contributed by atoms with E-state index in [1.165, 1.54) is 7.11 Å². The lowest BCUT2D eigenvalue weighted by Gasteiger charge is -2.09. The first-order valence-electron chi connectivity index (χ1n) is 6.53. The summed E-state index contributed by atoms with van der Waals surface area (Å²) in [7, 11) is 1.35. The van der Waals surface area contributed by atoms with Gasteiger partial charge in [0.15, 0.2) is 0 Å². The van der Waals surface area contributed by atoms with Crippen molar-refractivity contribution in [1.82, 2.24) is 4.98 Å². The van der Waals surface area contributed by atoms with E-state index in [0.29, 0.717) is 5.69 Å². The maximum Gasteiger partial charge on any atom is 0.356 e. The molecule has 1 N–H and O–H groups in total. The predicted octanol–water partition coefficient (Wildman–Crippen LogP) is 2.49. The molecule has 0 radical (unpaired) electrons. The number of rotatable bonds is 8. The van der Waals surface area contributed by atoms with Crippen molar-refractivity contribution in [2.24, 2.45) is 0 Å². The lowest BCUT2D eigenvalue weighted by atomic mass is 10.3. The number of carbonyl (C=O) groups is 1. The van der Waals surface area contributed by atoms with Gasteiger partial charge in [0.05, 0.1) is 13.2 Å². The second-order valence-electron chi connectivity index (χ2n) is 4.47. The minimum absolute atomic E-state index is 0.288. The summed E-state index contributed by atoms with van der Waals surface area (Å²) < 4.78 is 10.1. The van der Waals surface area contributed by atoms with Gasteiger partial charge in [0.25, 0.3) is 0 Å². The molecule has 5 nitrogen and oxygen atoms in total. The summed E-state index contributed by atoms with van der Waals surface area (Å²) in [6.45, 7) is 5.68. The monoisotopic (exact) mass is 266 g/mol. The van der Waals surface area contributed by atoms with Crippen LogP contribution in [0.5, 0.6) is 0 Å². The molecule has 0 bridgehead atoms. The second kappa shape index (κ2) is 8.48. The van der Waals surface area contributed by atoms with Crippen LogP contribution in [0, 0.1) is 0 Å². The van der Waals surface area contributed by atoms with Crippen LogP contribution in [-0.2, 0) is 9.47 Å². The highest BCUT2D eigenvalue weighted by Crippen LogP contribution is 2.09. The number of nitrogens with zero attached hydrogens (tertiary/aromatic N) is 1. The number of methoxy groups -OCH3 is 1. The summed E-state index contributed by atoms with van der Waals surface area (Å²) in [6, 6.07) is 3.52. The Bertz CT molecular complexity index is 394. The van der Waals surface area contributed by atoms with Gasteiger partial charge < -0.3 is 14.8 Å². The Labute approximate surface area is 114 Å². The minimum atomic E-state index is -0.422. The number of aromatic nitrogens is 1. The standard InChI is InChI=1S/C14H22N2O3/c1-11(2)19-9-5-4-7-15-12-6-8-16-13(10-12)14(17)18-3/h6,8,10-11H,4-5,7,9H2,1-3H3,(H,15,16). The van der Waals surface area contributed by atoms with Crippen molar-refractivity contribution < 1.29 is 14.3 Å². The molecule has 0 aliphatic carbocycles. The highest BCUT2D eigenvalue weighted by Gasteiger charge is 2.06. The number of hydrogen-bond acceptors (Lipinski definition) is 5. The molecule has 0 spiro atoms. The van der Waals surface area contributed by atoms with Crippen LogP contribution in [0.2, 0.25) is 0 Å². The van der Waals surface area contributed by atoms with Crippen LogP contribution in [0.25, 0.3) is 0 Å². The fraction of sp³-hybridized carbons (Fsp3) is 0.571. The summed E-state index contributed by atoms with van der Waals surface area (Å²) in [5.41, 5.74) is 1.19. The third kappa shape index (κ3) is 6.20. The molecular formula is C14H22N2O3. The van der Waals surface area contributed by atoms with Gasteiger partial charge in [-0.3, -0.25) is 0 Å². The molecule has 5 heteroatoms. The van der Waals surface area contributed by atoms with Gasteiger partial charge in [0.1, 0.15) is 5.69 Å². The minimum Gasteiger partial charge on any atom is -0.464 e. The topological polar surface area (TPSA) is 60.5 Å². The van der Waals surface area contributed by atoms with Crippen LogP contribution in [-0.4, -0.2) is 37.3 Å². The van der Waals surface area contributed by atoms with Gasteiger partial charge in [-0.15, -0.1) is 0 Å². The van der Waals surface area contributed by atoms with E-state index in [1.54, 1.807) is 12.3 Å². The quantitative estimate of drug-likeness (QED) is 0.578. The zero-order valence-electron chi connectivity index (χ0n) is 11.8. The predicted molar refractivity (Wildman–Crippen MR) is 74.4 cm³/mol. The first kappa shape index (κ1) is 15.4. The molecule has 0 atom stereocenters. The largest absolute Gasteiger partial charge is 0.464 e. The first-order chi connectivity index (χ1) is 9.13. The number of esters is 1. The van der Waals surface area contributed by atoms with Gasteiger partial charge in [0.2, 0.25) is 0 Å². The SMILES string of the molecule is COC(=O)c1cc(NCCCCOC(C)C)ccn1. The highest BCUT2D eigenvalue weighted by atomic mass is 16.5. The van der Waals surface area contributed by atoms with Gasteiger partial charge >= 0.3 is 5.97 Å². The molecular weight excluding hydrogens is 244 g/mol. The van der Waals surface area contributed by atoms with Crippen LogP contribution >= 0.6 is 0 Å². The smallest absolute Gasteiger partial charge is 0.356 e. The molecule has 0 aliphatic heterocycles. The van der Waals surface area contributed by atoms with Gasteiger partial charge in [-0.2, -0.15) is 0 Å². The Hall–Kier alpha value is -1.62. The number of pyridine rings is 1. The van der Waals surface area contributed by atoms with Crippen molar-refractivity contribution in [2.45, 2.75) is 32.8 Å². The van der Waals surface area contributed by atoms with Gasteiger partial charge in [-0.05, 0) is 38.8 Å². The zero-order valence-corrected chi connectivity index (χ0v) is 11.8.